The molecule has 1 aliphatic heterocycles. The second-order valence-corrected chi connectivity index (χ2v) is 6.97. The molecule has 8 heteroatoms. The Bertz CT molecular complexity index is 1060. The second-order valence-electron chi connectivity index (χ2n) is 6.53. The molecule has 0 unspecified atom stereocenters. The lowest BCUT2D eigenvalue weighted by Gasteiger charge is -2.13. The lowest BCUT2D eigenvalue weighted by molar-refractivity contribution is -0.121. The smallest absolute Gasteiger partial charge is 0.261 e. The molecule has 0 spiro atoms. The monoisotopic (exact) mass is 396 g/mol. The molecular weight excluding hydrogens is 380 g/mol. The van der Waals surface area contributed by atoms with Crippen molar-refractivity contribution < 1.29 is 14.4 Å². The number of carbonyl (C=O) groups excluding carboxylic acids is 3. The highest BCUT2D eigenvalue weighted by atomic mass is 35.5. The normalized spacial score (nSPS) is 13.2. The summed E-state index contributed by atoms with van der Waals surface area (Å²) in [4.78, 5) is 42.3. The Labute approximate surface area is 165 Å². The minimum absolute atomic E-state index is 0.160. The molecule has 142 valence electrons. The molecule has 7 nitrogen and oxygen atoms in total. The Morgan fingerprint density at radius 1 is 1.11 bits per heavy atom. The van der Waals surface area contributed by atoms with Crippen LogP contribution >= 0.6 is 11.6 Å². The molecule has 4 rings (SSSR count). The Kier molecular flexibility index (Phi) is 4.83. The van der Waals surface area contributed by atoms with Crippen molar-refractivity contribution in [2.24, 2.45) is 0 Å². The van der Waals surface area contributed by atoms with Crippen molar-refractivity contribution in [1.82, 2.24) is 19.6 Å². The SMILES string of the molecule is O=C(CCCN1C(=O)c2ccccc2C1=O)NCc1cn2ccc(Cl)cc2n1. The van der Waals surface area contributed by atoms with E-state index in [1.807, 2.05) is 10.6 Å². The van der Waals surface area contributed by atoms with Crippen LogP contribution in [0.3, 0.4) is 0 Å². The summed E-state index contributed by atoms with van der Waals surface area (Å²) in [5.41, 5.74) is 2.27. The van der Waals surface area contributed by atoms with E-state index in [9.17, 15) is 14.4 Å². The van der Waals surface area contributed by atoms with E-state index >= 15 is 0 Å². The van der Waals surface area contributed by atoms with E-state index in [1.54, 1.807) is 42.6 Å². The van der Waals surface area contributed by atoms with Crippen molar-refractivity contribution in [2.45, 2.75) is 19.4 Å². The molecule has 0 aliphatic carbocycles. The van der Waals surface area contributed by atoms with Gasteiger partial charge in [0.1, 0.15) is 5.65 Å². The zero-order chi connectivity index (χ0) is 19.7. The van der Waals surface area contributed by atoms with Gasteiger partial charge in [-0.1, -0.05) is 23.7 Å². The highest BCUT2D eigenvalue weighted by molar-refractivity contribution is 6.30. The summed E-state index contributed by atoms with van der Waals surface area (Å²) >= 11 is 5.94. The van der Waals surface area contributed by atoms with Gasteiger partial charge in [-0.05, 0) is 30.7 Å². The van der Waals surface area contributed by atoms with Crippen LogP contribution in [-0.4, -0.2) is 38.6 Å². The zero-order valence-electron chi connectivity index (χ0n) is 14.9. The van der Waals surface area contributed by atoms with Crippen LogP contribution in [0.1, 0.15) is 39.3 Å². The number of pyridine rings is 1. The molecule has 0 saturated heterocycles. The number of nitrogens with one attached hydrogen (secondary N) is 1. The molecule has 28 heavy (non-hydrogen) atoms. The summed E-state index contributed by atoms with van der Waals surface area (Å²) in [5, 5.41) is 3.40. The third-order valence-corrected chi connectivity index (χ3v) is 4.84. The topological polar surface area (TPSA) is 83.8 Å². The zero-order valence-corrected chi connectivity index (χ0v) is 15.6. The molecule has 3 aromatic rings. The lowest BCUT2D eigenvalue weighted by Crippen LogP contribution is -2.32. The van der Waals surface area contributed by atoms with Gasteiger partial charge in [0.2, 0.25) is 5.91 Å². The van der Waals surface area contributed by atoms with E-state index in [0.29, 0.717) is 34.8 Å². The number of hydrogen-bond donors (Lipinski definition) is 1. The number of benzene rings is 1. The Morgan fingerprint density at radius 3 is 2.54 bits per heavy atom. The summed E-state index contributed by atoms with van der Waals surface area (Å²) in [6.07, 6.45) is 4.24. The summed E-state index contributed by atoms with van der Waals surface area (Å²) in [6, 6.07) is 10.3. The molecule has 3 amide bonds. The van der Waals surface area contributed by atoms with Gasteiger partial charge in [0.15, 0.2) is 0 Å². The molecule has 0 radical (unpaired) electrons. The summed E-state index contributed by atoms with van der Waals surface area (Å²) in [7, 11) is 0. The number of hydrogen-bond acceptors (Lipinski definition) is 4. The number of carbonyl (C=O) groups is 3. The van der Waals surface area contributed by atoms with Crippen LogP contribution in [0, 0.1) is 0 Å². The molecule has 1 N–H and O–H groups in total. The first kappa shape index (κ1) is 18.2. The number of fused-ring (bicyclic) bond motifs is 2. The fourth-order valence-corrected chi connectivity index (χ4v) is 3.37. The van der Waals surface area contributed by atoms with Gasteiger partial charge in [-0.2, -0.15) is 0 Å². The number of amides is 3. The summed E-state index contributed by atoms with van der Waals surface area (Å²) in [5.74, 6) is -0.763. The molecule has 1 aliphatic rings. The highest BCUT2D eigenvalue weighted by Gasteiger charge is 2.34. The van der Waals surface area contributed by atoms with Crippen molar-refractivity contribution >= 4 is 35.0 Å². The van der Waals surface area contributed by atoms with E-state index in [2.05, 4.69) is 10.3 Å². The average molecular weight is 397 g/mol. The first-order chi connectivity index (χ1) is 13.5. The van der Waals surface area contributed by atoms with Gasteiger partial charge < -0.3 is 9.72 Å². The maximum atomic E-state index is 12.3. The minimum atomic E-state index is -0.302. The van der Waals surface area contributed by atoms with Crippen LogP contribution in [0.4, 0.5) is 0 Å². The number of imide groups is 1. The molecular formula is C20H17ClN4O3. The van der Waals surface area contributed by atoms with Gasteiger partial charge in [0.05, 0.1) is 23.4 Å². The van der Waals surface area contributed by atoms with Crippen LogP contribution in [0.2, 0.25) is 5.02 Å². The predicted octanol–water partition coefficient (Wildman–Crippen LogP) is 2.68. The minimum Gasteiger partial charge on any atom is -0.350 e. The maximum Gasteiger partial charge on any atom is 0.261 e. The van der Waals surface area contributed by atoms with Crippen molar-refractivity contribution in [3.05, 3.63) is 70.6 Å². The molecule has 0 atom stereocenters. The maximum absolute atomic E-state index is 12.3. The van der Waals surface area contributed by atoms with E-state index < -0.39 is 0 Å². The van der Waals surface area contributed by atoms with Gasteiger partial charge >= 0.3 is 0 Å². The van der Waals surface area contributed by atoms with Crippen LogP contribution < -0.4 is 5.32 Å². The van der Waals surface area contributed by atoms with Crippen LogP contribution in [0.25, 0.3) is 5.65 Å². The second kappa shape index (κ2) is 7.44. The lowest BCUT2D eigenvalue weighted by atomic mass is 10.1. The predicted molar refractivity (Wildman–Crippen MR) is 103 cm³/mol. The number of nitrogens with zero attached hydrogens (tertiary/aromatic N) is 3. The van der Waals surface area contributed by atoms with Crippen LogP contribution in [0.5, 0.6) is 0 Å². The standard InChI is InChI=1S/C20H17ClN4O3/c21-13-7-9-24-12-14(23-17(24)10-13)11-22-18(26)6-3-8-25-19(27)15-4-1-2-5-16(15)20(25)28/h1-2,4-5,7,9-10,12H,3,6,8,11H2,(H,22,26). The van der Waals surface area contributed by atoms with Gasteiger partial charge in [-0.15, -0.1) is 0 Å². The number of imidazole rings is 1. The van der Waals surface area contributed by atoms with Gasteiger partial charge in [-0.25, -0.2) is 4.98 Å². The Hall–Kier alpha value is -3.19. The molecule has 0 saturated carbocycles. The number of aromatic nitrogens is 2. The van der Waals surface area contributed by atoms with Gasteiger partial charge in [0.25, 0.3) is 11.8 Å². The Balaban J connectivity index is 1.27. The van der Waals surface area contributed by atoms with Gasteiger partial charge in [0, 0.05) is 30.4 Å². The highest BCUT2D eigenvalue weighted by Crippen LogP contribution is 2.22. The fraction of sp³-hybridized carbons (Fsp3) is 0.200. The number of halogens is 1. The van der Waals surface area contributed by atoms with Gasteiger partial charge in [-0.3, -0.25) is 19.3 Å². The molecule has 1 aromatic carbocycles. The van der Waals surface area contributed by atoms with Crippen molar-refractivity contribution in [3.63, 3.8) is 0 Å². The van der Waals surface area contributed by atoms with E-state index in [0.717, 1.165) is 5.69 Å². The molecule has 0 bridgehead atoms. The molecule has 3 heterocycles. The van der Waals surface area contributed by atoms with E-state index in [1.165, 1.54) is 4.90 Å². The Morgan fingerprint density at radius 2 is 1.82 bits per heavy atom. The van der Waals surface area contributed by atoms with Crippen molar-refractivity contribution in [1.29, 1.82) is 0 Å². The molecule has 2 aromatic heterocycles. The molecule has 0 fully saturated rings. The summed E-state index contributed by atoms with van der Waals surface area (Å²) < 4.78 is 1.83. The first-order valence-electron chi connectivity index (χ1n) is 8.88. The summed E-state index contributed by atoms with van der Waals surface area (Å²) in [6.45, 7) is 0.512. The van der Waals surface area contributed by atoms with Crippen molar-refractivity contribution in [3.8, 4) is 0 Å². The van der Waals surface area contributed by atoms with E-state index in [4.69, 9.17) is 11.6 Å². The number of rotatable bonds is 6. The van der Waals surface area contributed by atoms with Crippen LogP contribution in [0.15, 0.2) is 48.8 Å². The third-order valence-electron chi connectivity index (χ3n) is 4.60. The third kappa shape index (κ3) is 3.48. The van der Waals surface area contributed by atoms with Crippen LogP contribution in [-0.2, 0) is 11.3 Å². The first-order valence-corrected chi connectivity index (χ1v) is 9.26. The van der Waals surface area contributed by atoms with E-state index in [-0.39, 0.29) is 30.7 Å². The largest absolute Gasteiger partial charge is 0.350 e. The van der Waals surface area contributed by atoms with Crippen molar-refractivity contribution in [2.75, 3.05) is 6.54 Å². The average Bonchev–Trinajstić information content (AvgIpc) is 3.20. The fourth-order valence-electron chi connectivity index (χ4n) is 3.21. The quantitative estimate of drug-likeness (QED) is 0.649.